The Kier molecular flexibility index (Phi) is 4.22. The molecule has 0 aliphatic heterocycles. The van der Waals surface area contributed by atoms with Gasteiger partial charge < -0.3 is 15.0 Å². The second-order valence-electron chi connectivity index (χ2n) is 5.01. The summed E-state index contributed by atoms with van der Waals surface area (Å²) in [6, 6.07) is 16.8. The van der Waals surface area contributed by atoms with Gasteiger partial charge in [-0.2, -0.15) is 0 Å². The number of H-pyrrole nitrogens is 1. The van der Waals surface area contributed by atoms with E-state index in [4.69, 9.17) is 4.74 Å². The number of anilines is 1. The summed E-state index contributed by atoms with van der Waals surface area (Å²) in [5.74, 6) is 0. The van der Waals surface area contributed by atoms with E-state index >= 15 is 0 Å². The van der Waals surface area contributed by atoms with E-state index < -0.39 is 0 Å². The van der Waals surface area contributed by atoms with Crippen molar-refractivity contribution in [1.29, 1.82) is 0 Å². The quantitative estimate of drug-likeness (QED) is 0.705. The highest BCUT2D eigenvalue weighted by atomic mass is 16.5. The molecule has 1 aromatic heterocycles. The molecule has 2 aromatic carbocycles. The molecule has 0 aliphatic carbocycles. The number of benzene rings is 2. The Morgan fingerprint density at radius 3 is 2.76 bits per heavy atom. The summed E-state index contributed by atoms with van der Waals surface area (Å²) in [5, 5.41) is 4.77. The molecule has 3 rings (SSSR count). The van der Waals surface area contributed by atoms with Gasteiger partial charge in [0.15, 0.2) is 0 Å². The lowest BCUT2D eigenvalue weighted by molar-refractivity contribution is 0.134. The maximum atomic E-state index is 5.52. The number of ether oxygens (including phenoxy) is 1. The van der Waals surface area contributed by atoms with Crippen LogP contribution in [0.4, 0.5) is 5.69 Å². The number of rotatable bonds is 6. The molecular weight excluding hydrogens is 260 g/mol. The molecule has 0 radical (unpaired) electrons. The van der Waals surface area contributed by atoms with Gasteiger partial charge in [-0.15, -0.1) is 0 Å². The zero-order valence-corrected chi connectivity index (χ0v) is 12.2. The Hall–Kier alpha value is -2.26. The lowest BCUT2D eigenvalue weighted by atomic mass is 10.1. The van der Waals surface area contributed by atoms with Crippen LogP contribution in [0.25, 0.3) is 10.9 Å². The fourth-order valence-corrected chi connectivity index (χ4v) is 2.52. The predicted octanol–water partition coefficient (Wildman–Crippen LogP) is 4.32. The number of aromatic amines is 1. The number of fused-ring (bicyclic) bond motifs is 1. The Labute approximate surface area is 125 Å². The molecule has 0 saturated carbocycles. The molecule has 3 heteroatoms. The SMILES string of the molecule is CCOCc1ccccc1NCc1cccc2cc[nH]c12. The monoisotopic (exact) mass is 280 g/mol. The van der Waals surface area contributed by atoms with Crippen LogP contribution in [0.15, 0.2) is 54.7 Å². The zero-order chi connectivity index (χ0) is 14.5. The molecule has 0 fully saturated rings. The van der Waals surface area contributed by atoms with Gasteiger partial charge in [-0.3, -0.25) is 0 Å². The van der Waals surface area contributed by atoms with Crippen molar-refractivity contribution >= 4 is 16.6 Å². The minimum Gasteiger partial charge on any atom is -0.381 e. The van der Waals surface area contributed by atoms with Gasteiger partial charge in [0.25, 0.3) is 0 Å². The Balaban J connectivity index is 1.77. The van der Waals surface area contributed by atoms with E-state index in [1.54, 1.807) is 0 Å². The van der Waals surface area contributed by atoms with Crippen LogP contribution in [-0.2, 0) is 17.9 Å². The summed E-state index contributed by atoms with van der Waals surface area (Å²) in [7, 11) is 0. The Morgan fingerprint density at radius 2 is 1.86 bits per heavy atom. The van der Waals surface area contributed by atoms with Gasteiger partial charge in [0.2, 0.25) is 0 Å². The van der Waals surface area contributed by atoms with Crippen LogP contribution in [0, 0.1) is 0 Å². The molecule has 0 atom stereocenters. The summed E-state index contributed by atoms with van der Waals surface area (Å²) in [6.45, 7) is 4.19. The third kappa shape index (κ3) is 3.09. The highest BCUT2D eigenvalue weighted by Crippen LogP contribution is 2.20. The van der Waals surface area contributed by atoms with Gasteiger partial charge >= 0.3 is 0 Å². The van der Waals surface area contributed by atoms with Crippen molar-refractivity contribution in [3.8, 4) is 0 Å². The van der Waals surface area contributed by atoms with Crippen LogP contribution in [0.1, 0.15) is 18.1 Å². The lowest BCUT2D eigenvalue weighted by Gasteiger charge is -2.12. The largest absolute Gasteiger partial charge is 0.381 e. The molecule has 0 amide bonds. The van der Waals surface area contributed by atoms with Crippen LogP contribution in [0.2, 0.25) is 0 Å². The van der Waals surface area contributed by atoms with Crippen molar-refractivity contribution < 1.29 is 4.74 Å². The first kappa shape index (κ1) is 13.7. The number of aromatic nitrogens is 1. The van der Waals surface area contributed by atoms with Crippen molar-refractivity contribution in [3.05, 3.63) is 65.9 Å². The Bertz CT molecular complexity index is 718. The first-order valence-electron chi connectivity index (χ1n) is 7.33. The molecule has 0 spiro atoms. The number of para-hydroxylation sites is 2. The van der Waals surface area contributed by atoms with E-state index in [1.807, 2.05) is 25.3 Å². The molecule has 21 heavy (non-hydrogen) atoms. The molecular formula is C18H20N2O. The molecule has 0 aliphatic rings. The maximum Gasteiger partial charge on any atom is 0.0736 e. The van der Waals surface area contributed by atoms with Crippen molar-refractivity contribution in [2.75, 3.05) is 11.9 Å². The Morgan fingerprint density at radius 1 is 1.00 bits per heavy atom. The normalized spacial score (nSPS) is 10.9. The standard InChI is InChI=1S/C18H20N2O/c1-2-21-13-16-6-3-4-9-17(16)20-12-15-8-5-7-14-10-11-19-18(14)15/h3-11,19-20H,2,12-13H2,1H3. The molecule has 0 unspecified atom stereocenters. The third-order valence-corrected chi connectivity index (χ3v) is 3.62. The molecule has 108 valence electrons. The average molecular weight is 280 g/mol. The highest BCUT2D eigenvalue weighted by Gasteiger charge is 2.04. The molecule has 3 aromatic rings. The first-order chi connectivity index (χ1) is 10.4. The summed E-state index contributed by atoms with van der Waals surface area (Å²) < 4.78 is 5.52. The van der Waals surface area contributed by atoms with Crippen LogP contribution in [0.5, 0.6) is 0 Å². The van der Waals surface area contributed by atoms with Crippen molar-refractivity contribution in [2.24, 2.45) is 0 Å². The second-order valence-corrected chi connectivity index (χ2v) is 5.01. The molecule has 2 N–H and O–H groups in total. The van der Waals surface area contributed by atoms with Crippen LogP contribution in [0.3, 0.4) is 0 Å². The van der Waals surface area contributed by atoms with E-state index in [0.717, 1.165) is 18.8 Å². The topological polar surface area (TPSA) is 37.0 Å². The number of hydrogen-bond acceptors (Lipinski definition) is 2. The van der Waals surface area contributed by atoms with Gasteiger partial charge in [0.05, 0.1) is 12.1 Å². The molecule has 0 bridgehead atoms. The van der Waals surface area contributed by atoms with Crippen molar-refractivity contribution in [1.82, 2.24) is 4.98 Å². The zero-order valence-electron chi connectivity index (χ0n) is 12.2. The number of nitrogens with one attached hydrogen (secondary N) is 2. The minimum atomic E-state index is 0.645. The van der Waals surface area contributed by atoms with E-state index in [0.29, 0.717) is 6.61 Å². The van der Waals surface area contributed by atoms with Crippen LogP contribution in [-0.4, -0.2) is 11.6 Å². The fraction of sp³-hybridized carbons (Fsp3) is 0.222. The van der Waals surface area contributed by atoms with Gasteiger partial charge in [-0.25, -0.2) is 0 Å². The number of hydrogen-bond donors (Lipinski definition) is 2. The summed E-state index contributed by atoms with van der Waals surface area (Å²) in [5.41, 5.74) is 4.79. The predicted molar refractivity (Wildman–Crippen MR) is 87.4 cm³/mol. The smallest absolute Gasteiger partial charge is 0.0736 e. The lowest BCUT2D eigenvalue weighted by Crippen LogP contribution is -2.04. The van der Waals surface area contributed by atoms with Gasteiger partial charge in [-0.05, 0) is 30.0 Å². The van der Waals surface area contributed by atoms with Gasteiger partial charge in [0.1, 0.15) is 0 Å². The summed E-state index contributed by atoms with van der Waals surface area (Å²) in [6.07, 6.45) is 1.98. The van der Waals surface area contributed by atoms with Crippen LogP contribution < -0.4 is 5.32 Å². The second kappa shape index (κ2) is 6.46. The summed E-state index contributed by atoms with van der Waals surface area (Å²) >= 11 is 0. The van der Waals surface area contributed by atoms with E-state index in [1.165, 1.54) is 22.0 Å². The molecule has 3 nitrogen and oxygen atoms in total. The summed E-state index contributed by atoms with van der Waals surface area (Å²) in [4.78, 5) is 3.31. The molecule has 0 saturated heterocycles. The molecule has 1 heterocycles. The van der Waals surface area contributed by atoms with Gasteiger partial charge in [0, 0.05) is 30.6 Å². The fourth-order valence-electron chi connectivity index (χ4n) is 2.52. The maximum absolute atomic E-state index is 5.52. The van der Waals surface area contributed by atoms with E-state index in [2.05, 4.69) is 46.7 Å². The minimum absolute atomic E-state index is 0.645. The van der Waals surface area contributed by atoms with Crippen LogP contribution >= 0.6 is 0 Å². The average Bonchev–Trinajstić information content (AvgIpc) is 3.01. The van der Waals surface area contributed by atoms with E-state index in [9.17, 15) is 0 Å². The van der Waals surface area contributed by atoms with Gasteiger partial charge in [-0.1, -0.05) is 36.4 Å². The van der Waals surface area contributed by atoms with Crippen molar-refractivity contribution in [2.45, 2.75) is 20.1 Å². The highest BCUT2D eigenvalue weighted by molar-refractivity contribution is 5.82. The van der Waals surface area contributed by atoms with E-state index in [-0.39, 0.29) is 0 Å². The first-order valence-corrected chi connectivity index (χ1v) is 7.33. The van der Waals surface area contributed by atoms with Crippen molar-refractivity contribution in [3.63, 3.8) is 0 Å². The third-order valence-electron chi connectivity index (χ3n) is 3.62.